The standard InChI is InChI=1S/C24H23FN8O2/c1-14-15(10-26)6-4-8-17(14)22-28-20(19(25)21(27)29-22)18-12-33(31-30-18)11-16-7-5-9-32(23(16)34)13-24(2,3)35/h4-9,12,35H,11,13H2,1-3H3,(H2,27,28,29). The van der Waals surface area contributed by atoms with Crippen molar-refractivity contribution in [1.82, 2.24) is 29.5 Å². The molecule has 10 nitrogen and oxygen atoms in total. The van der Waals surface area contributed by atoms with Crippen LogP contribution in [-0.4, -0.2) is 40.2 Å². The first-order chi connectivity index (χ1) is 16.6. The minimum Gasteiger partial charge on any atom is -0.389 e. The fourth-order valence-corrected chi connectivity index (χ4v) is 3.66. The number of halogens is 1. The van der Waals surface area contributed by atoms with E-state index in [1.54, 1.807) is 57.3 Å². The van der Waals surface area contributed by atoms with E-state index in [-0.39, 0.29) is 41.7 Å². The highest BCUT2D eigenvalue weighted by Crippen LogP contribution is 2.28. The lowest BCUT2D eigenvalue weighted by molar-refractivity contribution is 0.0603. The molecule has 0 radical (unpaired) electrons. The van der Waals surface area contributed by atoms with Gasteiger partial charge in [-0.25, -0.2) is 19.0 Å². The smallest absolute Gasteiger partial charge is 0.255 e. The molecule has 35 heavy (non-hydrogen) atoms. The van der Waals surface area contributed by atoms with Crippen LogP contribution in [0.2, 0.25) is 0 Å². The van der Waals surface area contributed by atoms with E-state index in [1.807, 2.05) is 0 Å². The van der Waals surface area contributed by atoms with Crippen LogP contribution < -0.4 is 11.3 Å². The SMILES string of the molecule is Cc1c(C#N)cccc1-c1nc(N)c(F)c(-c2cn(Cc3cccn(CC(C)(C)O)c3=O)nn2)n1. The molecule has 0 fully saturated rings. The van der Waals surface area contributed by atoms with Gasteiger partial charge in [0.15, 0.2) is 17.5 Å². The van der Waals surface area contributed by atoms with Crippen molar-refractivity contribution >= 4 is 5.82 Å². The molecular formula is C24H23FN8O2. The molecule has 1 aromatic carbocycles. The molecule has 178 valence electrons. The largest absolute Gasteiger partial charge is 0.389 e. The van der Waals surface area contributed by atoms with Crippen molar-refractivity contribution in [2.75, 3.05) is 5.73 Å². The fourth-order valence-electron chi connectivity index (χ4n) is 3.66. The number of nitrogens with zero attached hydrogens (tertiary/aromatic N) is 7. The van der Waals surface area contributed by atoms with Gasteiger partial charge in [0.25, 0.3) is 5.56 Å². The van der Waals surface area contributed by atoms with Gasteiger partial charge in [-0.2, -0.15) is 5.26 Å². The number of rotatable bonds is 6. The van der Waals surface area contributed by atoms with Crippen LogP contribution in [0.15, 0.2) is 47.5 Å². The van der Waals surface area contributed by atoms with Gasteiger partial charge in [-0.1, -0.05) is 23.4 Å². The highest BCUT2D eigenvalue weighted by Gasteiger charge is 2.20. The monoisotopic (exact) mass is 474 g/mol. The quantitative estimate of drug-likeness (QED) is 0.432. The number of hydrogen-bond donors (Lipinski definition) is 2. The summed E-state index contributed by atoms with van der Waals surface area (Å²) in [5.41, 5.74) is 6.50. The number of anilines is 1. The van der Waals surface area contributed by atoms with E-state index in [1.165, 1.54) is 15.4 Å². The Morgan fingerprint density at radius 1 is 1.23 bits per heavy atom. The summed E-state index contributed by atoms with van der Waals surface area (Å²) in [5, 5.41) is 27.4. The summed E-state index contributed by atoms with van der Waals surface area (Å²) in [7, 11) is 0. The predicted octanol–water partition coefficient (Wildman–Crippen LogP) is 2.28. The maximum atomic E-state index is 14.9. The van der Waals surface area contributed by atoms with Gasteiger partial charge in [0, 0.05) is 17.3 Å². The van der Waals surface area contributed by atoms with E-state index in [9.17, 15) is 19.6 Å². The summed E-state index contributed by atoms with van der Waals surface area (Å²) in [6.45, 7) is 5.19. The second-order valence-electron chi connectivity index (χ2n) is 8.77. The minimum atomic E-state index is -1.06. The van der Waals surface area contributed by atoms with E-state index in [0.717, 1.165) is 0 Å². The summed E-state index contributed by atoms with van der Waals surface area (Å²) in [6, 6.07) is 10.5. The van der Waals surface area contributed by atoms with Gasteiger partial charge >= 0.3 is 0 Å². The van der Waals surface area contributed by atoms with Crippen molar-refractivity contribution in [3.63, 3.8) is 0 Å². The van der Waals surface area contributed by atoms with E-state index >= 15 is 0 Å². The van der Waals surface area contributed by atoms with Crippen molar-refractivity contribution in [3.8, 4) is 28.8 Å². The zero-order chi connectivity index (χ0) is 25.3. The Kier molecular flexibility index (Phi) is 6.15. The number of nitrogen functional groups attached to an aromatic ring is 1. The first-order valence-electron chi connectivity index (χ1n) is 10.7. The molecule has 4 aromatic rings. The van der Waals surface area contributed by atoms with Crippen molar-refractivity contribution < 1.29 is 9.50 Å². The van der Waals surface area contributed by atoms with Crippen LogP contribution in [0.1, 0.15) is 30.5 Å². The molecule has 3 N–H and O–H groups in total. The van der Waals surface area contributed by atoms with Gasteiger partial charge in [0.05, 0.1) is 36.5 Å². The molecule has 11 heteroatoms. The summed E-state index contributed by atoms with van der Waals surface area (Å²) < 4.78 is 17.7. The normalized spacial score (nSPS) is 11.4. The first-order valence-corrected chi connectivity index (χ1v) is 10.7. The molecule has 0 spiro atoms. The molecule has 0 saturated carbocycles. The minimum absolute atomic E-state index is 0.0803. The number of aromatic nitrogens is 6. The fraction of sp³-hybridized carbons (Fsp3) is 0.250. The molecular weight excluding hydrogens is 451 g/mol. The molecule has 0 saturated heterocycles. The number of benzene rings is 1. The van der Waals surface area contributed by atoms with Crippen LogP contribution in [0, 0.1) is 24.1 Å². The Labute approximate surface area is 200 Å². The number of pyridine rings is 1. The Hall–Kier alpha value is -4.43. The van der Waals surface area contributed by atoms with E-state index < -0.39 is 11.4 Å². The van der Waals surface area contributed by atoms with Gasteiger partial charge in [0.1, 0.15) is 11.4 Å². The Morgan fingerprint density at radius 3 is 2.71 bits per heavy atom. The summed E-state index contributed by atoms with van der Waals surface area (Å²) in [4.78, 5) is 21.2. The molecule has 4 rings (SSSR count). The third-order valence-corrected chi connectivity index (χ3v) is 5.34. The third kappa shape index (κ3) is 4.92. The Bertz CT molecular complexity index is 1510. The molecule has 0 unspecified atom stereocenters. The lowest BCUT2D eigenvalue weighted by Crippen LogP contribution is -2.34. The van der Waals surface area contributed by atoms with E-state index in [4.69, 9.17) is 5.73 Å². The predicted molar refractivity (Wildman–Crippen MR) is 126 cm³/mol. The van der Waals surface area contributed by atoms with Crippen LogP contribution in [0.5, 0.6) is 0 Å². The third-order valence-electron chi connectivity index (χ3n) is 5.34. The topological polar surface area (TPSA) is 149 Å². The van der Waals surface area contributed by atoms with Crippen LogP contribution in [0.4, 0.5) is 10.2 Å². The van der Waals surface area contributed by atoms with Crippen molar-refractivity contribution in [2.24, 2.45) is 0 Å². The zero-order valence-electron chi connectivity index (χ0n) is 19.4. The second-order valence-corrected chi connectivity index (χ2v) is 8.77. The second kappa shape index (κ2) is 9.08. The number of nitriles is 1. The Balaban J connectivity index is 1.69. The zero-order valence-corrected chi connectivity index (χ0v) is 19.4. The van der Waals surface area contributed by atoms with Crippen molar-refractivity contribution in [1.29, 1.82) is 5.26 Å². The molecule has 0 atom stereocenters. The van der Waals surface area contributed by atoms with E-state index in [0.29, 0.717) is 22.3 Å². The number of aliphatic hydroxyl groups is 1. The van der Waals surface area contributed by atoms with Crippen LogP contribution in [-0.2, 0) is 13.1 Å². The highest BCUT2D eigenvalue weighted by atomic mass is 19.1. The molecule has 0 amide bonds. The molecule has 3 aromatic heterocycles. The van der Waals surface area contributed by atoms with Crippen LogP contribution in [0.25, 0.3) is 22.8 Å². The van der Waals surface area contributed by atoms with Gasteiger partial charge in [0.2, 0.25) is 0 Å². The highest BCUT2D eigenvalue weighted by molar-refractivity contribution is 5.69. The van der Waals surface area contributed by atoms with Gasteiger partial charge in [-0.05, 0) is 38.5 Å². The van der Waals surface area contributed by atoms with Crippen LogP contribution in [0.3, 0.4) is 0 Å². The molecule has 0 aliphatic carbocycles. The van der Waals surface area contributed by atoms with Gasteiger partial charge < -0.3 is 15.4 Å². The molecule has 0 aliphatic heterocycles. The molecule has 0 bridgehead atoms. The van der Waals surface area contributed by atoms with Gasteiger partial charge in [-0.15, -0.1) is 5.10 Å². The molecule has 3 heterocycles. The van der Waals surface area contributed by atoms with Crippen molar-refractivity contribution in [3.05, 3.63) is 75.6 Å². The average Bonchev–Trinajstić information content (AvgIpc) is 3.26. The lowest BCUT2D eigenvalue weighted by Gasteiger charge is -2.19. The summed E-state index contributed by atoms with van der Waals surface area (Å²) in [6.07, 6.45) is 3.06. The molecule has 0 aliphatic rings. The maximum Gasteiger partial charge on any atom is 0.255 e. The average molecular weight is 475 g/mol. The number of nitrogens with two attached hydrogens (primary N) is 1. The number of hydrogen-bond acceptors (Lipinski definition) is 8. The lowest BCUT2D eigenvalue weighted by atomic mass is 10.0. The van der Waals surface area contributed by atoms with E-state index in [2.05, 4.69) is 26.3 Å². The van der Waals surface area contributed by atoms with Crippen molar-refractivity contribution in [2.45, 2.75) is 39.5 Å². The Morgan fingerprint density at radius 2 is 2.00 bits per heavy atom. The summed E-state index contributed by atoms with van der Waals surface area (Å²) in [5.74, 6) is -1.05. The maximum absolute atomic E-state index is 14.9. The van der Waals surface area contributed by atoms with Gasteiger partial charge in [-0.3, -0.25) is 4.79 Å². The summed E-state index contributed by atoms with van der Waals surface area (Å²) >= 11 is 0. The first kappa shape index (κ1) is 23.7. The van der Waals surface area contributed by atoms with Crippen LogP contribution >= 0.6 is 0 Å².